The zero-order valence-corrected chi connectivity index (χ0v) is 13.7. The normalized spacial score (nSPS) is 18.2. The lowest BCUT2D eigenvalue weighted by atomic mass is 10.3. The van der Waals surface area contributed by atoms with E-state index in [2.05, 4.69) is 15.4 Å². The van der Waals surface area contributed by atoms with Gasteiger partial charge >= 0.3 is 0 Å². The van der Waals surface area contributed by atoms with Gasteiger partial charge in [-0.3, -0.25) is 9.48 Å². The third kappa shape index (κ3) is 3.52. The largest absolute Gasteiger partial charge is 0.300 e. The first-order valence-corrected chi connectivity index (χ1v) is 7.81. The van der Waals surface area contributed by atoms with Crippen molar-refractivity contribution in [2.45, 2.75) is 0 Å². The zero-order valence-electron chi connectivity index (χ0n) is 11.4. The van der Waals surface area contributed by atoms with E-state index >= 15 is 0 Å². The molecule has 0 radical (unpaired) electrons. The number of halogens is 2. The Morgan fingerprint density at radius 1 is 1.32 bits per heavy atom. The Kier molecular flexibility index (Phi) is 4.24. The van der Waals surface area contributed by atoms with E-state index < -0.39 is 0 Å². The van der Waals surface area contributed by atoms with Gasteiger partial charge in [-0.15, -0.1) is 0 Å². The quantitative estimate of drug-likeness (QED) is 0.878. The van der Waals surface area contributed by atoms with Crippen LogP contribution in [0.3, 0.4) is 0 Å². The van der Waals surface area contributed by atoms with Gasteiger partial charge in [0.2, 0.25) is 0 Å². The molecule has 1 aliphatic heterocycles. The topological polar surface area (TPSA) is 59.3 Å². The second-order valence-corrected chi connectivity index (χ2v) is 6.45. The number of aliphatic imine (C=N–C) groups is 1. The zero-order chi connectivity index (χ0) is 15.7. The Hall–Kier alpha value is -1.76. The van der Waals surface area contributed by atoms with Gasteiger partial charge in [0.25, 0.3) is 5.24 Å². The summed E-state index contributed by atoms with van der Waals surface area (Å²) in [6, 6.07) is 4.98. The van der Waals surface area contributed by atoms with E-state index in [9.17, 15) is 4.79 Å². The number of aromatic nitrogens is 2. The number of hydrogen-bond acceptors (Lipinski definition) is 4. The molecule has 0 bridgehead atoms. The Balaban J connectivity index is 1.98. The molecule has 1 aromatic heterocycles. The number of nitrogens with one attached hydrogen (secondary N) is 1. The van der Waals surface area contributed by atoms with Gasteiger partial charge in [0.05, 0.1) is 16.8 Å². The highest BCUT2D eigenvalue weighted by molar-refractivity contribution is 8.18. The van der Waals surface area contributed by atoms with Crippen molar-refractivity contribution in [3.05, 3.63) is 51.1 Å². The summed E-state index contributed by atoms with van der Waals surface area (Å²) < 4.78 is 1.69. The van der Waals surface area contributed by atoms with E-state index in [-0.39, 0.29) is 5.24 Å². The minimum Gasteiger partial charge on any atom is -0.300 e. The molecule has 2 heterocycles. The van der Waals surface area contributed by atoms with Crippen LogP contribution in [0.15, 0.2) is 40.5 Å². The van der Waals surface area contributed by atoms with Crippen LogP contribution in [-0.2, 0) is 7.05 Å². The maximum absolute atomic E-state index is 11.6. The number of rotatable bonds is 2. The van der Waals surface area contributed by atoms with Gasteiger partial charge in [-0.1, -0.05) is 23.2 Å². The van der Waals surface area contributed by atoms with Gasteiger partial charge in [-0.05, 0) is 36.0 Å². The van der Waals surface area contributed by atoms with Gasteiger partial charge in [0.1, 0.15) is 5.84 Å². The SMILES string of the molecule is Cn1cc(C=C2SC(=O)NC2=Nc2cc(Cl)cc(Cl)c2)cn1. The number of amides is 1. The van der Waals surface area contributed by atoms with E-state index in [1.165, 1.54) is 0 Å². The summed E-state index contributed by atoms with van der Waals surface area (Å²) in [4.78, 5) is 16.8. The van der Waals surface area contributed by atoms with Gasteiger partial charge in [0.15, 0.2) is 0 Å². The number of hydrogen-bond donors (Lipinski definition) is 1. The predicted molar refractivity (Wildman–Crippen MR) is 90.9 cm³/mol. The molecular weight excluding hydrogens is 343 g/mol. The molecule has 1 aliphatic rings. The highest BCUT2D eigenvalue weighted by Gasteiger charge is 2.23. The molecule has 1 amide bonds. The van der Waals surface area contributed by atoms with Crippen molar-refractivity contribution in [1.82, 2.24) is 15.1 Å². The molecule has 2 aromatic rings. The molecule has 5 nitrogen and oxygen atoms in total. The lowest BCUT2D eigenvalue weighted by molar-refractivity contribution is 0.265. The Labute approximate surface area is 141 Å². The van der Waals surface area contributed by atoms with Crippen LogP contribution in [0.1, 0.15) is 5.56 Å². The Morgan fingerprint density at radius 3 is 2.68 bits per heavy atom. The van der Waals surface area contributed by atoms with E-state index in [0.717, 1.165) is 17.3 Å². The standard InChI is InChI=1S/C14H10Cl2N4OS/c1-20-7-8(6-17-20)2-12-13(19-14(21)22-12)18-11-4-9(15)3-10(16)5-11/h2-7H,1H3,(H,18,19,21). The molecule has 1 saturated heterocycles. The molecule has 0 atom stereocenters. The minimum atomic E-state index is -0.179. The third-order valence-electron chi connectivity index (χ3n) is 2.77. The molecule has 22 heavy (non-hydrogen) atoms. The molecule has 0 aliphatic carbocycles. The monoisotopic (exact) mass is 352 g/mol. The highest BCUT2D eigenvalue weighted by Crippen LogP contribution is 2.30. The number of benzene rings is 1. The fourth-order valence-electron chi connectivity index (χ4n) is 1.91. The molecule has 3 rings (SSSR count). The van der Waals surface area contributed by atoms with Crippen LogP contribution in [-0.4, -0.2) is 20.9 Å². The van der Waals surface area contributed by atoms with E-state index in [1.54, 1.807) is 29.1 Å². The summed E-state index contributed by atoms with van der Waals surface area (Å²) in [6.07, 6.45) is 5.41. The maximum Gasteiger partial charge on any atom is 0.289 e. The minimum absolute atomic E-state index is 0.179. The van der Waals surface area contributed by atoms with Crippen molar-refractivity contribution in [2.75, 3.05) is 0 Å². The van der Waals surface area contributed by atoms with Crippen LogP contribution >= 0.6 is 35.0 Å². The van der Waals surface area contributed by atoms with Gasteiger partial charge < -0.3 is 5.32 Å². The van der Waals surface area contributed by atoms with E-state index in [1.807, 2.05) is 19.3 Å². The number of carbonyl (C=O) groups excluding carboxylic acids is 1. The maximum atomic E-state index is 11.6. The summed E-state index contributed by atoms with van der Waals surface area (Å²) in [5.74, 6) is 0.470. The third-order valence-corrected chi connectivity index (χ3v) is 4.02. The average Bonchev–Trinajstić information content (AvgIpc) is 2.95. The molecule has 1 N–H and O–H groups in total. The number of nitrogens with zero attached hydrogens (tertiary/aromatic N) is 3. The number of thioether (sulfide) groups is 1. The van der Waals surface area contributed by atoms with Crippen molar-refractivity contribution < 1.29 is 4.79 Å². The molecule has 0 saturated carbocycles. The number of aryl methyl sites for hydroxylation is 1. The molecule has 8 heteroatoms. The van der Waals surface area contributed by atoms with Gasteiger partial charge in [-0.2, -0.15) is 5.10 Å². The molecule has 112 valence electrons. The van der Waals surface area contributed by atoms with Crippen molar-refractivity contribution in [2.24, 2.45) is 12.0 Å². The fraction of sp³-hybridized carbons (Fsp3) is 0.0714. The van der Waals surface area contributed by atoms with Crippen molar-refractivity contribution in [3.63, 3.8) is 0 Å². The van der Waals surface area contributed by atoms with Crippen molar-refractivity contribution in [1.29, 1.82) is 0 Å². The number of amidine groups is 1. The first-order valence-electron chi connectivity index (χ1n) is 6.24. The van der Waals surface area contributed by atoms with Crippen molar-refractivity contribution >= 4 is 57.8 Å². The average molecular weight is 353 g/mol. The summed E-state index contributed by atoms with van der Waals surface area (Å²) >= 11 is 13.0. The van der Waals surface area contributed by atoms with Crippen LogP contribution in [0, 0.1) is 0 Å². The molecule has 1 fully saturated rings. The summed E-state index contributed by atoms with van der Waals surface area (Å²) in [5.41, 5.74) is 1.46. The lowest BCUT2D eigenvalue weighted by Crippen LogP contribution is -2.18. The number of carbonyl (C=O) groups is 1. The molecular formula is C14H10Cl2N4OS. The van der Waals surface area contributed by atoms with Gasteiger partial charge in [0, 0.05) is 28.9 Å². The highest BCUT2D eigenvalue weighted by atomic mass is 35.5. The summed E-state index contributed by atoms with van der Waals surface area (Å²) in [7, 11) is 1.83. The van der Waals surface area contributed by atoms with E-state index in [0.29, 0.717) is 26.5 Å². The second-order valence-electron chi connectivity index (χ2n) is 4.56. The first kappa shape index (κ1) is 15.1. The molecule has 0 unspecified atom stereocenters. The summed E-state index contributed by atoms with van der Waals surface area (Å²) in [6.45, 7) is 0. The van der Waals surface area contributed by atoms with Gasteiger partial charge in [-0.25, -0.2) is 4.99 Å². The molecule has 0 spiro atoms. The fourth-order valence-corrected chi connectivity index (χ4v) is 3.16. The predicted octanol–water partition coefficient (Wildman–Crippen LogP) is 4.25. The lowest BCUT2D eigenvalue weighted by Gasteiger charge is -2.01. The Bertz CT molecular complexity index is 793. The van der Waals surface area contributed by atoms with Crippen LogP contribution in [0.5, 0.6) is 0 Å². The molecule has 1 aromatic carbocycles. The van der Waals surface area contributed by atoms with Crippen LogP contribution in [0.2, 0.25) is 10.0 Å². The Morgan fingerprint density at radius 2 is 2.05 bits per heavy atom. The smallest absolute Gasteiger partial charge is 0.289 e. The second kappa shape index (κ2) is 6.16. The van der Waals surface area contributed by atoms with Crippen LogP contribution in [0.4, 0.5) is 10.5 Å². The summed E-state index contributed by atoms with van der Waals surface area (Å²) in [5, 5.41) is 7.60. The van der Waals surface area contributed by atoms with Crippen molar-refractivity contribution in [3.8, 4) is 0 Å². The first-order chi connectivity index (χ1) is 10.5. The van der Waals surface area contributed by atoms with E-state index in [4.69, 9.17) is 23.2 Å². The van der Waals surface area contributed by atoms with Crippen LogP contribution < -0.4 is 5.32 Å². The van der Waals surface area contributed by atoms with Crippen LogP contribution in [0.25, 0.3) is 6.08 Å².